The predicted octanol–water partition coefficient (Wildman–Crippen LogP) is 3.05. The van der Waals surface area contributed by atoms with Crippen LogP contribution in [-0.4, -0.2) is 20.9 Å². The number of hydrogen-bond donors (Lipinski definition) is 1. The fraction of sp³-hybridized carbons (Fsp3) is 0.167. The van der Waals surface area contributed by atoms with Gasteiger partial charge in [0.2, 0.25) is 5.95 Å². The maximum atomic E-state index is 12.0. The smallest absolute Gasteiger partial charge is 0.259 e. The minimum Gasteiger partial charge on any atom is -0.290 e. The van der Waals surface area contributed by atoms with Crippen LogP contribution >= 0.6 is 23.2 Å². The highest BCUT2D eigenvalue weighted by Gasteiger charge is 2.11. The molecule has 0 aromatic carbocycles. The summed E-state index contributed by atoms with van der Waals surface area (Å²) in [4.78, 5) is 24.0. The number of halogens is 2. The van der Waals surface area contributed by atoms with Gasteiger partial charge in [-0.15, -0.1) is 0 Å². The Morgan fingerprint density at radius 3 is 2.37 bits per heavy atom. The van der Waals surface area contributed by atoms with E-state index in [1.165, 1.54) is 12.3 Å². The molecule has 1 N–H and O–H groups in total. The molecule has 2 aromatic heterocycles. The lowest BCUT2D eigenvalue weighted by molar-refractivity contribution is 0.102. The molecule has 0 aliphatic rings. The SMILES string of the molecule is Cc1cc(C)nc(NC(=O)c2cnc(Cl)c(Cl)c2)n1. The van der Waals surface area contributed by atoms with Crippen LogP contribution < -0.4 is 5.32 Å². The Hall–Kier alpha value is -1.72. The summed E-state index contributed by atoms with van der Waals surface area (Å²) in [5.41, 5.74) is 1.84. The molecule has 98 valence electrons. The van der Waals surface area contributed by atoms with Crippen LogP contribution in [-0.2, 0) is 0 Å². The molecule has 0 radical (unpaired) electrons. The number of aryl methyl sites for hydroxylation is 2. The third kappa shape index (κ3) is 3.39. The Bertz CT molecular complexity index is 625. The Balaban J connectivity index is 2.22. The molecule has 0 atom stereocenters. The van der Waals surface area contributed by atoms with Crippen molar-refractivity contribution in [3.05, 3.63) is 45.5 Å². The van der Waals surface area contributed by atoms with Crippen molar-refractivity contribution in [2.75, 3.05) is 5.32 Å². The Morgan fingerprint density at radius 1 is 1.16 bits per heavy atom. The minimum atomic E-state index is -0.393. The molecule has 0 spiro atoms. The highest BCUT2D eigenvalue weighted by molar-refractivity contribution is 6.41. The Kier molecular flexibility index (Phi) is 3.97. The van der Waals surface area contributed by atoms with Crippen molar-refractivity contribution < 1.29 is 4.79 Å². The first kappa shape index (κ1) is 13.7. The molecular formula is C12H10Cl2N4O. The van der Waals surface area contributed by atoms with Gasteiger partial charge >= 0.3 is 0 Å². The van der Waals surface area contributed by atoms with Crippen molar-refractivity contribution >= 4 is 35.1 Å². The second-order valence-electron chi connectivity index (χ2n) is 3.93. The van der Waals surface area contributed by atoms with Crippen molar-refractivity contribution in [1.29, 1.82) is 0 Å². The van der Waals surface area contributed by atoms with E-state index in [2.05, 4.69) is 20.3 Å². The number of carbonyl (C=O) groups is 1. The highest BCUT2D eigenvalue weighted by Crippen LogP contribution is 2.20. The molecule has 7 heteroatoms. The van der Waals surface area contributed by atoms with Crippen molar-refractivity contribution in [2.24, 2.45) is 0 Å². The summed E-state index contributed by atoms with van der Waals surface area (Å²) < 4.78 is 0. The van der Waals surface area contributed by atoms with Gasteiger partial charge in [0.25, 0.3) is 5.91 Å². The van der Waals surface area contributed by atoms with Crippen LogP contribution in [0.2, 0.25) is 10.2 Å². The number of aromatic nitrogens is 3. The van der Waals surface area contributed by atoms with E-state index in [-0.39, 0.29) is 21.7 Å². The standard InChI is InChI=1S/C12H10Cl2N4O/c1-6-3-7(2)17-12(16-6)18-11(19)8-4-9(13)10(14)15-5-8/h3-5H,1-2H3,(H,16,17,18,19). The van der Waals surface area contributed by atoms with E-state index in [0.29, 0.717) is 0 Å². The molecule has 0 saturated heterocycles. The quantitative estimate of drug-likeness (QED) is 0.865. The van der Waals surface area contributed by atoms with Gasteiger partial charge in [0.15, 0.2) is 0 Å². The summed E-state index contributed by atoms with van der Waals surface area (Å²) in [5, 5.41) is 2.96. The second kappa shape index (κ2) is 5.50. The summed E-state index contributed by atoms with van der Waals surface area (Å²) in [6.07, 6.45) is 1.34. The zero-order chi connectivity index (χ0) is 14.0. The molecule has 2 heterocycles. The normalized spacial score (nSPS) is 10.3. The van der Waals surface area contributed by atoms with Crippen LogP contribution in [0, 0.1) is 13.8 Å². The van der Waals surface area contributed by atoms with Gasteiger partial charge in [-0.05, 0) is 26.0 Å². The van der Waals surface area contributed by atoms with Crippen LogP contribution in [0.15, 0.2) is 18.3 Å². The van der Waals surface area contributed by atoms with E-state index >= 15 is 0 Å². The molecule has 1 amide bonds. The number of nitrogens with zero attached hydrogens (tertiary/aromatic N) is 3. The van der Waals surface area contributed by atoms with Gasteiger partial charge in [0.1, 0.15) is 5.15 Å². The molecule has 0 unspecified atom stereocenters. The third-order valence-electron chi connectivity index (χ3n) is 2.27. The van der Waals surface area contributed by atoms with Gasteiger partial charge in [0, 0.05) is 17.6 Å². The summed E-state index contributed by atoms with van der Waals surface area (Å²) >= 11 is 11.5. The summed E-state index contributed by atoms with van der Waals surface area (Å²) in [7, 11) is 0. The maximum absolute atomic E-state index is 12.0. The van der Waals surface area contributed by atoms with Gasteiger partial charge in [0.05, 0.1) is 10.6 Å². The van der Waals surface area contributed by atoms with E-state index in [4.69, 9.17) is 23.2 Å². The van der Waals surface area contributed by atoms with Crippen molar-refractivity contribution in [1.82, 2.24) is 15.0 Å². The third-order valence-corrected chi connectivity index (χ3v) is 2.95. The first-order chi connectivity index (χ1) is 8.95. The van der Waals surface area contributed by atoms with Crippen LogP contribution in [0.5, 0.6) is 0 Å². The lowest BCUT2D eigenvalue weighted by Crippen LogP contribution is -2.15. The number of amides is 1. The van der Waals surface area contributed by atoms with Gasteiger partial charge < -0.3 is 0 Å². The molecule has 0 aliphatic carbocycles. The lowest BCUT2D eigenvalue weighted by atomic mass is 10.3. The highest BCUT2D eigenvalue weighted by atomic mass is 35.5. The molecule has 2 rings (SSSR count). The number of nitrogens with one attached hydrogen (secondary N) is 1. The van der Waals surface area contributed by atoms with Gasteiger partial charge in [-0.25, -0.2) is 15.0 Å². The van der Waals surface area contributed by atoms with Gasteiger partial charge in [-0.2, -0.15) is 0 Å². The maximum Gasteiger partial charge on any atom is 0.259 e. The van der Waals surface area contributed by atoms with Crippen LogP contribution in [0.25, 0.3) is 0 Å². The van der Waals surface area contributed by atoms with Crippen LogP contribution in [0.4, 0.5) is 5.95 Å². The van der Waals surface area contributed by atoms with Gasteiger partial charge in [-0.3, -0.25) is 10.1 Å². The number of pyridine rings is 1. The fourth-order valence-electron chi connectivity index (χ4n) is 1.50. The lowest BCUT2D eigenvalue weighted by Gasteiger charge is -2.06. The monoisotopic (exact) mass is 296 g/mol. The first-order valence-electron chi connectivity index (χ1n) is 5.40. The Morgan fingerprint density at radius 2 is 1.79 bits per heavy atom. The second-order valence-corrected chi connectivity index (χ2v) is 4.69. The van der Waals surface area contributed by atoms with Gasteiger partial charge in [-0.1, -0.05) is 23.2 Å². The molecule has 0 aliphatic heterocycles. The molecular weight excluding hydrogens is 287 g/mol. The number of anilines is 1. The van der Waals surface area contributed by atoms with Crippen molar-refractivity contribution in [2.45, 2.75) is 13.8 Å². The van der Waals surface area contributed by atoms with E-state index < -0.39 is 5.91 Å². The first-order valence-corrected chi connectivity index (χ1v) is 6.16. The predicted molar refractivity (Wildman–Crippen MR) is 73.7 cm³/mol. The summed E-state index contributed by atoms with van der Waals surface area (Å²) in [6, 6.07) is 3.26. The molecule has 2 aromatic rings. The topological polar surface area (TPSA) is 67.8 Å². The molecule has 19 heavy (non-hydrogen) atoms. The van der Waals surface area contributed by atoms with Crippen LogP contribution in [0.3, 0.4) is 0 Å². The number of carbonyl (C=O) groups excluding carboxylic acids is 1. The van der Waals surface area contributed by atoms with E-state index in [0.717, 1.165) is 11.4 Å². The van der Waals surface area contributed by atoms with E-state index in [1.54, 1.807) is 0 Å². The summed E-state index contributed by atoms with van der Waals surface area (Å²) in [5.74, 6) is -0.148. The van der Waals surface area contributed by atoms with Crippen LogP contribution in [0.1, 0.15) is 21.7 Å². The number of rotatable bonds is 2. The fourth-order valence-corrected chi connectivity index (χ4v) is 1.77. The average molecular weight is 297 g/mol. The Labute approximate surface area is 120 Å². The van der Waals surface area contributed by atoms with Crippen molar-refractivity contribution in [3.63, 3.8) is 0 Å². The molecule has 0 saturated carbocycles. The van der Waals surface area contributed by atoms with E-state index in [9.17, 15) is 4.79 Å². The van der Waals surface area contributed by atoms with E-state index in [1.807, 2.05) is 19.9 Å². The molecule has 0 bridgehead atoms. The average Bonchev–Trinajstić information content (AvgIpc) is 2.31. The molecule has 0 fully saturated rings. The molecule has 5 nitrogen and oxygen atoms in total. The zero-order valence-corrected chi connectivity index (χ0v) is 11.7. The number of hydrogen-bond acceptors (Lipinski definition) is 4. The minimum absolute atomic E-state index is 0.154. The summed E-state index contributed by atoms with van der Waals surface area (Å²) in [6.45, 7) is 3.65. The zero-order valence-electron chi connectivity index (χ0n) is 10.2. The van der Waals surface area contributed by atoms with Crippen molar-refractivity contribution in [3.8, 4) is 0 Å². The largest absolute Gasteiger partial charge is 0.290 e.